The second-order valence-electron chi connectivity index (χ2n) is 10.1. The number of aromatic nitrogens is 2. The number of carbonyl (C=O) groups excluding carboxylic acids is 2. The summed E-state index contributed by atoms with van der Waals surface area (Å²) in [6.45, 7) is 2.49. The summed E-state index contributed by atoms with van der Waals surface area (Å²) in [5, 5.41) is 2.08. The number of Topliss-reactive ketones (excluding diaryl/α,β-unsaturated/α-hetero) is 2. The van der Waals surface area contributed by atoms with E-state index in [0.717, 1.165) is 10.9 Å². The van der Waals surface area contributed by atoms with Crippen molar-refractivity contribution in [2.24, 2.45) is 5.92 Å². The fraction of sp³-hybridized carbons (Fsp3) is 0.207. The molecule has 0 radical (unpaired) electrons. The lowest BCUT2D eigenvalue weighted by molar-refractivity contribution is 0.0788. The Morgan fingerprint density at radius 3 is 2.38 bits per heavy atom. The van der Waals surface area contributed by atoms with E-state index in [-0.39, 0.29) is 28.9 Å². The van der Waals surface area contributed by atoms with Gasteiger partial charge in [0.15, 0.2) is 11.6 Å². The van der Waals surface area contributed by atoms with Gasteiger partial charge in [0.2, 0.25) is 0 Å². The van der Waals surface area contributed by atoms with Gasteiger partial charge in [-0.25, -0.2) is 13.4 Å². The molecule has 8 nitrogen and oxygen atoms in total. The number of ketones is 2. The van der Waals surface area contributed by atoms with E-state index >= 15 is 0 Å². The van der Waals surface area contributed by atoms with E-state index in [0.29, 0.717) is 51.6 Å². The number of benzene rings is 3. The molecule has 0 fully saturated rings. The van der Waals surface area contributed by atoms with Gasteiger partial charge in [-0.15, -0.1) is 12.4 Å². The number of rotatable bonds is 6. The maximum absolute atomic E-state index is 13.9. The summed E-state index contributed by atoms with van der Waals surface area (Å²) >= 11 is 0. The summed E-state index contributed by atoms with van der Waals surface area (Å²) in [4.78, 5) is 33.7. The predicted molar refractivity (Wildman–Crippen MR) is 155 cm³/mol. The Labute approximate surface area is 232 Å². The van der Waals surface area contributed by atoms with E-state index in [4.69, 9.17) is 0 Å². The lowest BCUT2D eigenvalue weighted by Crippen LogP contribution is -2.32. The topological polar surface area (TPSA) is 101 Å². The first-order valence-corrected chi connectivity index (χ1v) is 13.8. The first kappa shape index (κ1) is 26.8. The van der Waals surface area contributed by atoms with Gasteiger partial charge < -0.3 is 4.90 Å². The summed E-state index contributed by atoms with van der Waals surface area (Å²) in [7, 11) is -0.0651. The Kier molecular flexibility index (Phi) is 6.70. The van der Waals surface area contributed by atoms with Crippen molar-refractivity contribution in [3.63, 3.8) is 0 Å². The van der Waals surface area contributed by atoms with Crippen molar-refractivity contribution in [2.45, 2.75) is 18.2 Å². The Bertz CT molecular complexity index is 1900. The Balaban J connectivity index is 0.00000308. The number of fused-ring (bicyclic) bond motifs is 5. The molecule has 0 amide bonds. The van der Waals surface area contributed by atoms with Crippen LogP contribution < -0.4 is 4.72 Å². The van der Waals surface area contributed by atoms with Gasteiger partial charge in [-0.2, -0.15) is 0 Å². The first-order chi connectivity index (χ1) is 18.2. The van der Waals surface area contributed by atoms with E-state index in [1.54, 1.807) is 41.1 Å². The number of nitrogens with one attached hydrogen (secondary N) is 1. The van der Waals surface area contributed by atoms with Gasteiger partial charge in [-0.1, -0.05) is 42.0 Å². The summed E-state index contributed by atoms with van der Waals surface area (Å²) in [6, 6.07) is 15.8. The van der Waals surface area contributed by atoms with Crippen molar-refractivity contribution in [2.75, 3.05) is 25.4 Å². The zero-order valence-corrected chi connectivity index (χ0v) is 23.3. The number of halogens is 1. The lowest BCUT2D eigenvalue weighted by Gasteiger charge is -2.22. The summed E-state index contributed by atoms with van der Waals surface area (Å²) in [5.74, 6) is -1.22. The van der Waals surface area contributed by atoms with Gasteiger partial charge in [-0.3, -0.25) is 18.7 Å². The number of nitrogens with zero attached hydrogens (tertiary/aromatic N) is 3. The van der Waals surface area contributed by atoms with Crippen LogP contribution in [0.2, 0.25) is 0 Å². The fourth-order valence-electron chi connectivity index (χ4n) is 5.35. The molecule has 3 aromatic carbocycles. The third-order valence-corrected chi connectivity index (χ3v) is 8.62. The third-order valence-electron chi connectivity index (χ3n) is 7.24. The zero-order chi connectivity index (χ0) is 26.8. The molecule has 200 valence electrons. The van der Waals surface area contributed by atoms with Crippen LogP contribution in [0.15, 0.2) is 72.0 Å². The van der Waals surface area contributed by atoms with Gasteiger partial charge >= 0.3 is 0 Å². The Morgan fingerprint density at radius 2 is 1.69 bits per heavy atom. The van der Waals surface area contributed by atoms with E-state index in [1.165, 1.54) is 6.20 Å². The normalized spacial score (nSPS) is 15.3. The third kappa shape index (κ3) is 4.27. The molecule has 5 aromatic rings. The summed E-state index contributed by atoms with van der Waals surface area (Å²) in [5.41, 5.74) is 3.37. The molecule has 0 spiro atoms. The molecule has 0 bridgehead atoms. The minimum atomic E-state index is -3.88. The highest BCUT2D eigenvalue weighted by atomic mass is 35.5. The molecule has 1 unspecified atom stereocenters. The van der Waals surface area contributed by atoms with Gasteiger partial charge in [0.05, 0.1) is 45.0 Å². The maximum atomic E-state index is 13.9. The average Bonchev–Trinajstić information content (AvgIpc) is 3.22. The van der Waals surface area contributed by atoms with Crippen LogP contribution in [-0.2, 0) is 10.0 Å². The Morgan fingerprint density at radius 1 is 1.00 bits per heavy atom. The molecule has 2 heterocycles. The van der Waals surface area contributed by atoms with E-state index in [2.05, 4.69) is 9.71 Å². The molecular formula is C29H27ClN4O4S. The zero-order valence-electron chi connectivity index (χ0n) is 21.6. The highest BCUT2D eigenvalue weighted by molar-refractivity contribution is 7.92. The molecule has 6 rings (SSSR count). The second-order valence-corrected chi connectivity index (χ2v) is 11.7. The number of anilines is 1. The molecule has 10 heteroatoms. The van der Waals surface area contributed by atoms with Crippen LogP contribution in [0.1, 0.15) is 32.7 Å². The summed E-state index contributed by atoms with van der Waals surface area (Å²) in [6.07, 6.45) is 3.50. The molecule has 1 aliphatic carbocycles. The summed E-state index contributed by atoms with van der Waals surface area (Å²) < 4.78 is 31.1. The highest BCUT2D eigenvalue weighted by Crippen LogP contribution is 2.42. The molecule has 0 saturated carbocycles. The maximum Gasteiger partial charge on any atom is 0.261 e. The van der Waals surface area contributed by atoms with Crippen LogP contribution >= 0.6 is 12.4 Å². The molecule has 1 atom stereocenters. The number of sulfonamides is 1. The number of aryl methyl sites for hydroxylation is 1. The molecule has 1 aliphatic rings. The van der Waals surface area contributed by atoms with Gasteiger partial charge in [-0.05, 0) is 57.6 Å². The molecule has 39 heavy (non-hydrogen) atoms. The van der Waals surface area contributed by atoms with Crippen molar-refractivity contribution in [3.05, 3.63) is 83.8 Å². The van der Waals surface area contributed by atoms with Gasteiger partial charge in [0, 0.05) is 17.0 Å². The largest absolute Gasteiger partial charge is 0.309 e. The van der Waals surface area contributed by atoms with Gasteiger partial charge in [0.25, 0.3) is 10.0 Å². The first-order valence-electron chi connectivity index (χ1n) is 12.3. The fourth-order valence-corrected chi connectivity index (χ4v) is 6.42. The minimum absolute atomic E-state index is 0. The van der Waals surface area contributed by atoms with Crippen LogP contribution in [0.5, 0.6) is 0 Å². The highest BCUT2D eigenvalue weighted by Gasteiger charge is 2.39. The molecule has 2 aromatic heterocycles. The minimum Gasteiger partial charge on any atom is -0.309 e. The van der Waals surface area contributed by atoms with Crippen LogP contribution in [0.3, 0.4) is 0 Å². The quantitative estimate of drug-likeness (QED) is 0.288. The standard InChI is InChI=1S/C29H26N4O4S.ClH/c1-17-8-10-18(11-9-17)38(36,37)31-23-14-24-25(20-7-5-4-6-19(20)23)26-27-22(15-30-16-33(24)27)28(34)21(29(26)35)12-13-32(2)3;/h4-11,14-16,21,31H,12-13H2,1-3H3;1H. The van der Waals surface area contributed by atoms with Crippen LogP contribution in [0, 0.1) is 12.8 Å². The molecule has 1 N–H and O–H groups in total. The van der Waals surface area contributed by atoms with E-state index in [1.807, 2.05) is 50.2 Å². The van der Waals surface area contributed by atoms with Crippen molar-refractivity contribution >= 4 is 66.9 Å². The van der Waals surface area contributed by atoms with Crippen molar-refractivity contribution in [1.29, 1.82) is 0 Å². The van der Waals surface area contributed by atoms with Crippen LogP contribution in [0.25, 0.3) is 27.2 Å². The molecular weight excluding hydrogens is 536 g/mol. The predicted octanol–water partition coefficient (Wildman–Crippen LogP) is 5.12. The van der Waals surface area contributed by atoms with Crippen LogP contribution in [-0.4, -0.2) is 54.9 Å². The van der Waals surface area contributed by atoms with Crippen LogP contribution in [0.4, 0.5) is 5.69 Å². The smallest absolute Gasteiger partial charge is 0.261 e. The second kappa shape index (κ2) is 9.75. The van der Waals surface area contributed by atoms with Crippen molar-refractivity contribution < 1.29 is 18.0 Å². The number of hydrogen-bond acceptors (Lipinski definition) is 6. The number of hydrogen-bond donors (Lipinski definition) is 1. The van der Waals surface area contributed by atoms with E-state index < -0.39 is 15.9 Å². The molecule has 0 saturated heterocycles. The van der Waals surface area contributed by atoms with Gasteiger partial charge in [0.1, 0.15) is 0 Å². The number of carbonyl (C=O) groups is 2. The van der Waals surface area contributed by atoms with E-state index in [9.17, 15) is 18.0 Å². The van der Waals surface area contributed by atoms with Crippen molar-refractivity contribution in [3.8, 4) is 0 Å². The lowest BCUT2D eigenvalue weighted by atomic mass is 9.81. The SMILES string of the molecule is Cc1ccc(S(=O)(=O)Nc2cc3c(c4c5c(cncn53)C(=O)C(CCN(C)C)C4=O)c3ccccc23)cc1.Cl. The monoisotopic (exact) mass is 562 g/mol. The molecule has 0 aliphatic heterocycles. The Hall–Kier alpha value is -3.79. The average molecular weight is 563 g/mol. The van der Waals surface area contributed by atoms with Crippen molar-refractivity contribution in [1.82, 2.24) is 14.3 Å².